The maximum absolute atomic E-state index is 12.7. The van der Waals surface area contributed by atoms with E-state index in [-0.39, 0.29) is 11.8 Å². The normalized spacial score (nSPS) is 10.6. The van der Waals surface area contributed by atoms with Crippen LogP contribution in [0.15, 0.2) is 72.8 Å². The molecule has 0 unspecified atom stereocenters. The highest BCUT2D eigenvalue weighted by molar-refractivity contribution is 7.22. The van der Waals surface area contributed by atoms with Gasteiger partial charge in [0.15, 0.2) is 5.13 Å². The van der Waals surface area contributed by atoms with Crippen molar-refractivity contribution in [3.8, 4) is 5.75 Å². The molecule has 6 nitrogen and oxygen atoms in total. The molecule has 3 aromatic carbocycles. The molecule has 0 bridgehead atoms. The Labute approximate surface area is 177 Å². The number of anilines is 2. The predicted octanol–water partition coefficient (Wildman–Crippen LogP) is 5.09. The number of thiazole rings is 1. The molecule has 0 fully saturated rings. The lowest BCUT2D eigenvalue weighted by atomic mass is 10.2. The molecule has 1 heterocycles. The lowest BCUT2D eigenvalue weighted by Gasteiger charge is -2.08. The summed E-state index contributed by atoms with van der Waals surface area (Å²) in [6, 6.07) is 22.3. The first kappa shape index (κ1) is 19.6. The molecule has 4 aromatic rings. The van der Waals surface area contributed by atoms with Gasteiger partial charge in [-0.05, 0) is 42.0 Å². The van der Waals surface area contributed by atoms with E-state index < -0.39 is 0 Å². The summed E-state index contributed by atoms with van der Waals surface area (Å²) in [5, 5.41) is 6.07. The van der Waals surface area contributed by atoms with Gasteiger partial charge in [0.2, 0.25) is 5.91 Å². The Balaban J connectivity index is 1.45. The van der Waals surface area contributed by atoms with Crippen molar-refractivity contribution in [2.75, 3.05) is 10.6 Å². The average molecular weight is 417 g/mol. The van der Waals surface area contributed by atoms with Gasteiger partial charge in [-0.3, -0.25) is 14.9 Å². The molecule has 4 rings (SSSR count). The van der Waals surface area contributed by atoms with E-state index in [4.69, 9.17) is 4.74 Å². The lowest BCUT2D eigenvalue weighted by Crippen LogP contribution is -2.11. The first-order valence-electron chi connectivity index (χ1n) is 9.33. The van der Waals surface area contributed by atoms with Crippen LogP contribution in [0, 0.1) is 0 Å². The van der Waals surface area contributed by atoms with Crippen molar-refractivity contribution in [1.82, 2.24) is 4.98 Å². The highest BCUT2D eigenvalue weighted by Gasteiger charge is 2.11. The highest BCUT2D eigenvalue weighted by atomic mass is 32.1. The first-order chi connectivity index (χ1) is 14.6. The van der Waals surface area contributed by atoms with E-state index in [9.17, 15) is 9.59 Å². The summed E-state index contributed by atoms with van der Waals surface area (Å²) in [6.07, 6.45) is 0. The summed E-state index contributed by atoms with van der Waals surface area (Å²) >= 11 is 1.35. The van der Waals surface area contributed by atoms with Gasteiger partial charge in [-0.15, -0.1) is 0 Å². The number of hydrogen-bond donors (Lipinski definition) is 2. The second-order valence-electron chi connectivity index (χ2n) is 6.64. The highest BCUT2D eigenvalue weighted by Crippen LogP contribution is 2.29. The predicted molar refractivity (Wildman–Crippen MR) is 119 cm³/mol. The van der Waals surface area contributed by atoms with Crippen molar-refractivity contribution in [1.29, 1.82) is 0 Å². The van der Waals surface area contributed by atoms with Crippen molar-refractivity contribution in [3.63, 3.8) is 0 Å². The van der Waals surface area contributed by atoms with Gasteiger partial charge in [-0.2, -0.15) is 0 Å². The largest absolute Gasteiger partial charge is 0.489 e. The van der Waals surface area contributed by atoms with E-state index in [1.54, 1.807) is 24.3 Å². The van der Waals surface area contributed by atoms with Crippen LogP contribution >= 0.6 is 11.3 Å². The Morgan fingerprint density at radius 2 is 1.80 bits per heavy atom. The second kappa shape index (κ2) is 8.75. The minimum atomic E-state index is -0.263. The van der Waals surface area contributed by atoms with Crippen LogP contribution in [-0.2, 0) is 11.4 Å². The van der Waals surface area contributed by atoms with Gasteiger partial charge < -0.3 is 10.1 Å². The Hall–Kier alpha value is -3.71. The second-order valence-corrected chi connectivity index (χ2v) is 7.67. The fourth-order valence-corrected chi connectivity index (χ4v) is 3.80. The summed E-state index contributed by atoms with van der Waals surface area (Å²) in [6.45, 7) is 1.89. The minimum Gasteiger partial charge on any atom is -0.489 e. The number of carbonyl (C=O) groups excluding carboxylic acids is 2. The Kier molecular flexibility index (Phi) is 5.72. The topological polar surface area (TPSA) is 80.3 Å². The number of hydrogen-bond acceptors (Lipinski definition) is 5. The van der Waals surface area contributed by atoms with Gasteiger partial charge in [0.1, 0.15) is 12.4 Å². The molecular formula is C23H19N3O3S. The molecule has 0 aliphatic carbocycles. The van der Waals surface area contributed by atoms with Crippen LogP contribution in [0.3, 0.4) is 0 Å². The fourth-order valence-electron chi connectivity index (χ4n) is 2.90. The Morgan fingerprint density at radius 1 is 0.967 bits per heavy atom. The van der Waals surface area contributed by atoms with E-state index in [1.807, 2.05) is 48.5 Å². The van der Waals surface area contributed by atoms with Crippen LogP contribution in [0.2, 0.25) is 0 Å². The first-order valence-corrected chi connectivity index (χ1v) is 10.1. The van der Waals surface area contributed by atoms with Crippen LogP contribution in [0.25, 0.3) is 10.2 Å². The summed E-state index contributed by atoms with van der Waals surface area (Å²) < 4.78 is 6.67. The van der Waals surface area contributed by atoms with Gasteiger partial charge in [-0.25, -0.2) is 4.98 Å². The molecular weight excluding hydrogens is 398 g/mol. The van der Waals surface area contributed by atoms with Crippen LogP contribution in [0.5, 0.6) is 5.75 Å². The number of amides is 2. The standard InChI is InChI=1S/C23H19N3O3S/c1-15(27)24-18-10-11-20-21(13-18)30-23(25-20)26-22(28)17-8-5-9-19(12-17)29-14-16-6-3-2-4-7-16/h2-13H,14H2,1H3,(H,24,27)(H,25,26,28). The summed E-state index contributed by atoms with van der Waals surface area (Å²) in [7, 11) is 0. The van der Waals surface area contributed by atoms with Gasteiger partial charge in [0.05, 0.1) is 10.2 Å². The molecule has 2 N–H and O–H groups in total. The van der Waals surface area contributed by atoms with E-state index in [2.05, 4.69) is 15.6 Å². The van der Waals surface area contributed by atoms with E-state index in [0.29, 0.717) is 28.7 Å². The van der Waals surface area contributed by atoms with Gasteiger partial charge in [-0.1, -0.05) is 47.7 Å². The SMILES string of the molecule is CC(=O)Nc1ccc2nc(NC(=O)c3cccc(OCc4ccccc4)c3)sc2c1. The van der Waals surface area contributed by atoms with Crippen LogP contribution in [-0.4, -0.2) is 16.8 Å². The number of benzene rings is 3. The van der Waals surface area contributed by atoms with Crippen molar-refractivity contribution < 1.29 is 14.3 Å². The lowest BCUT2D eigenvalue weighted by molar-refractivity contribution is -0.114. The van der Waals surface area contributed by atoms with E-state index in [1.165, 1.54) is 18.3 Å². The molecule has 0 aliphatic heterocycles. The Bertz CT molecular complexity index is 1200. The molecule has 0 spiro atoms. The van der Waals surface area contributed by atoms with Crippen molar-refractivity contribution in [2.24, 2.45) is 0 Å². The zero-order valence-electron chi connectivity index (χ0n) is 16.2. The zero-order chi connectivity index (χ0) is 20.9. The number of nitrogens with one attached hydrogen (secondary N) is 2. The number of rotatable bonds is 6. The Morgan fingerprint density at radius 3 is 2.60 bits per heavy atom. The fraction of sp³-hybridized carbons (Fsp3) is 0.0870. The number of carbonyl (C=O) groups is 2. The van der Waals surface area contributed by atoms with E-state index in [0.717, 1.165) is 15.8 Å². The molecule has 30 heavy (non-hydrogen) atoms. The molecule has 0 saturated carbocycles. The summed E-state index contributed by atoms with van der Waals surface area (Å²) in [5.41, 5.74) is 2.99. The van der Waals surface area contributed by atoms with Gasteiger partial charge in [0.25, 0.3) is 5.91 Å². The van der Waals surface area contributed by atoms with Crippen molar-refractivity contribution in [2.45, 2.75) is 13.5 Å². The quantitative estimate of drug-likeness (QED) is 0.458. The van der Waals surface area contributed by atoms with Crippen LogP contribution in [0.1, 0.15) is 22.8 Å². The zero-order valence-corrected chi connectivity index (χ0v) is 17.0. The monoisotopic (exact) mass is 417 g/mol. The molecule has 1 aromatic heterocycles. The number of aromatic nitrogens is 1. The maximum Gasteiger partial charge on any atom is 0.257 e. The number of ether oxygens (including phenoxy) is 1. The van der Waals surface area contributed by atoms with Crippen LogP contribution < -0.4 is 15.4 Å². The molecule has 150 valence electrons. The van der Waals surface area contributed by atoms with Crippen molar-refractivity contribution >= 4 is 44.2 Å². The average Bonchev–Trinajstić information content (AvgIpc) is 3.14. The molecule has 7 heteroatoms. The van der Waals surface area contributed by atoms with Crippen LogP contribution in [0.4, 0.5) is 10.8 Å². The summed E-state index contributed by atoms with van der Waals surface area (Å²) in [5.74, 6) is 0.221. The molecule has 0 saturated heterocycles. The number of fused-ring (bicyclic) bond motifs is 1. The third-order valence-electron chi connectivity index (χ3n) is 4.27. The molecule has 0 aliphatic rings. The third-order valence-corrected chi connectivity index (χ3v) is 5.21. The smallest absolute Gasteiger partial charge is 0.257 e. The number of nitrogens with zero attached hydrogens (tertiary/aromatic N) is 1. The van der Waals surface area contributed by atoms with Gasteiger partial charge in [0, 0.05) is 18.2 Å². The minimum absolute atomic E-state index is 0.137. The van der Waals surface area contributed by atoms with E-state index >= 15 is 0 Å². The molecule has 0 atom stereocenters. The van der Waals surface area contributed by atoms with Crippen molar-refractivity contribution in [3.05, 3.63) is 83.9 Å². The maximum atomic E-state index is 12.7. The molecule has 2 amide bonds. The molecule has 0 radical (unpaired) electrons. The van der Waals surface area contributed by atoms with Gasteiger partial charge >= 0.3 is 0 Å². The summed E-state index contributed by atoms with van der Waals surface area (Å²) in [4.78, 5) is 28.3. The third kappa shape index (κ3) is 4.82.